The van der Waals surface area contributed by atoms with Crippen LogP contribution in [0.15, 0.2) is 82.6 Å². The number of carbonyl (C=O) groups is 8. The first kappa shape index (κ1) is 50.8. The van der Waals surface area contributed by atoms with Crippen molar-refractivity contribution in [3.05, 3.63) is 83.7 Å². The summed E-state index contributed by atoms with van der Waals surface area (Å²) in [6.45, 7) is 3.45. The van der Waals surface area contributed by atoms with Crippen molar-refractivity contribution in [3.63, 3.8) is 0 Å². The number of hydrogen-bond donors (Lipinski definition) is 10. The third-order valence-corrected chi connectivity index (χ3v) is 12.3. The number of H-pyrrole nitrogens is 1. The first-order valence-corrected chi connectivity index (χ1v) is 23.4. The van der Waals surface area contributed by atoms with Gasteiger partial charge in [0.05, 0.1) is 6.42 Å². The Hall–Kier alpha value is -7.58. The fraction of sp³-hybridized carbons (Fsp3) is 0.458. The lowest BCUT2D eigenvalue weighted by molar-refractivity contribution is -0.140. The molecular formula is C48H63N13O8. The Kier molecular flexibility index (Phi) is 18.0. The maximum Gasteiger partial charge on any atom is 0.245 e. The van der Waals surface area contributed by atoms with Crippen molar-refractivity contribution in [2.24, 2.45) is 21.5 Å². The predicted octanol–water partition coefficient (Wildman–Crippen LogP) is -0.395. The van der Waals surface area contributed by atoms with Gasteiger partial charge in [-0.25, -0.2) is 0 Å². The van der Waals surface area contributed by atoms with Crippen molar-refractivity contribution in [2.75, 3.05) is 19.6 Å². The zero-order valence-corrected chi connectivity index (χ0v) is 38.9. The van der Waals surface area contributed by atoms with Crippen LogP contribution in [0, 0.1) is 0 Å². The van der Waals surface area contributed by atoms with Gasteiger partial charge in [0.15, 0.2) is 5.96 Å². The molecule has 6 rings (SSSR count). The molecule has 0 aliphatic carbocycles. The van der Waals surface area contributed by atoms with E-state index in [1.807, 2.05) is 31.2 Å². The molecule has 12 N–H and O–H groups in total. The Bertz CT molecular complexity index is 2450. The van der Waals surface area contributed by atoms with E-state index in [4.69, 9.17) is 11.5 Å². The molecule has 0 saturated carbocycles. The molecule has 0 radical (unpaired) electrons. The summed E-state index contributed by atoms with van der Waals surface area (Å²) in [5.41, 5.74) is 13.8. The van der Waals surface area contributed by atoms with Crippen LogP contribution in [0.5, 0.6) is 0 Å². The summed E-state index contributed by atoms with van der Waals surface area (Å²) in [6, 6.07) is 8.20. The molecule has 8 amide bonds. The highest BCUT2D eigenvalue weighted by atomic mass is 16.2. The summed E-state index contributed by atoms with van der Waals surface area (Å²) in [5.74, 6) is -5.66. The summed E-state index contributed by atoms with van der Waals surface area (Å²) in [4.78, 5) is 126. The van der Waals surface area contributed by atoms with Crippen LogP contribution < -0.4 is 48.7 Å². The summed E-state index contributed by atoms with van der Waals surface area (Å²) < 4.78 is 0. The zero-order valence-electron chi connectivity index (χ0n) is 38.9. The number of aromatic amines is 1. The molecule has 2 fully saturated rings. The lowest BCUT2D eigenvalue weighted by Gasteiger charge is -2.29. The van der Waals surface area contributed by atoms with Gasteiger partial charge in [0.25, 0.3) is 0 Å². The topological polar surface area (TPSA) is 317 Å². The van der Waals surface area contributed by atoms with Crippen molar-refractivity contribution < 1.29 is 38.4 Å². The number of aromatic nitrogens is 1. The first-order chi connectivity index (χ1) is 33.1. The van der Waals surface area contributed by atoms with E-state index >= 15 is 0 Å². The second-order valence-corrected chi connectivity index (χ2v) is 17.6. The fourth-order valence-electron chi connectivity index (χ4n) is 8.68. The van der Waals surface area contributed by atoms with Crippen LogP contribution in [0.25, 0.3) is 10.9 Å². The molecule has 3 aliphatic rings. The van der Waals surface area contributed by atoms with Crippen LogP contribution in [0.3, 0.4) is 0 Å². The van der Waals surface area contributed by atoms with Crippen LogP contribution in [0.2, 0.25) is 0 Å². The zero-order chi connectivity index (χ0) is 49.5. The normalized spacial score (nSPS) is 24.4. The van der Waals surface area contributed by atoms with Gasteiger partial charge in [-0.1, -0.05) is 54.6 Å². The maximum absolute atomic E-state index is 14.7. The van der Waals surface area contributed by atoms with Gasteiger partial charge in [-0.15, -0.1) is 0 Å². The molecule has 69 heavy (non-hydrogen) atoms. The molecule has 2 aromatic carbocycles. The number of nitrogens with one attached hydrogen (secondary N) is 8. The number of benzene rings is 2. The molecule has 1 aromatic heterocycles. The lowest BCUT2D eigenvalue weighted by Crippen LogP contribution is -2.60. The van der Waals surface area contributed by atoms with Crippen molar-refractivity contribution in [1.82, 2.24) is 47.1 Å². The number of nitrogens with zero attached hydrogens (tertiary/aromatic N) is 3. The number of guanidine groups is 1. The summed E-state index contributed by atoms with van der Waals surface area (Å²) in [6.07, 6.45) is 6.48. The number of para-hydroxylation sites is 1. The Morgan fingerprint density at radius 2 is 1.45 bits per heavy atom. The highest BCUT2D eigenvalue weighted by Gasteiger charge is 2.37. The molecule has 0 unspecified atom stereocenters. The van der Waals surface area contributed by atoms with Crippen LogP contribution in [0.4, 0.5) is 0 Å². The molecule has 2 saturated heterocycles. The quantitative estimate of drug-likeness (QED) is 0.0637. The van der Waals surface area contributed by atoms with Gasteiger partial charge in [0.1, 0.15) is 36.3 Å². The fourth-order valence-corrected chi connectivity index (χ4v) is 8.68. The molecule has 21 nitrogen and oxygen atoms in total. The average molecular weight is 950 g/mol. The minimum Gasteiger partial charge on any atom is -0.370 e. The summed E-state index contributed by atoms with van der Waals surface area (Å²) in [5, 5.41) is 20.0. The van der Waals surface area contributed by atoms with Crippen LogP contribution >= 0.6 is 0 Å². The van der Waals surface area contributed by atoms with Crippen LogP contribution in [-0.2, 0) is 51.2 Å². The monoisotopic (exact) mass is 949 g/mol. The van der Waals surface area contributed by atoms with E-state index < -0.39 is 89.9 Å². The number of rotatable bonds is 12. The third kappa shape index (κ3) is 14.7. The molecule has 3 aromatic rings. The molecule has 7 atom stereocenters. The Balaban J connectivity index is 1.40. The number of allylic oxidation sites excluding steroid dienone is 1. The number of amides is 8. The molecule has 0 spiro atoms. The van der Waals surface area contributed by atoms with E-state index in [1.165, 1.54) is 6.92 Å². The number of nitrogens with two attached hydrogens (primary N) is 2. The third-order valence-electron chi connectivity index (χ3n) is 12.3. The highest BCUT2D eigenvalue weighted by molar-refractivity contribution is 5.98. The first-order valence-electron chi connectivity index (χ1n) is 23.4. The number of carbonyl (C=O) groups excluding carboxylic acids is 8. The standard InChI is InChI=1S/C48H63N13O8/c1-28-11-10-22-61(28)47(69)40-26-41(63)52-21-18-36(55-29(2)62)43(65)59-39(25-32-14-8-19-51-32)46(68)57-37(23-30-12-4-3-5-13-30)44(66)56-35(17-9-20-53-48(49)50)42(64)58-38(45(67)60-40)24-31-27-54-34-16-7-6-15-33(31)34/h3-7,12-16,19,27-28,35-40,54H,8-11,17-18,20-26H2,1-2H3,(H,52,63)(H,55,62)(H,56,66)(H,57,68)(H,58,64)(H,59,65)(H,60,67)(H4,49,50,53)/t28-,35+,36+,37-,38+,39+,40+/m1/s1. The largest absolute Gasteiger partial charge is 0.370 e. The highest BCUT2D eigenvalue weighted by Crippen LogP contribution is 2.22. The van der Waals surface area contributed by atoms with E-state index in [9.17, 15) is 38.4 Å². The molecule has 21 heteroatoms. The number of fused-ring (bicyclic) bond motifs is 1. The van der Waals surface area contributed by atoms with Gasteiger partial charge < -0.3 is 58.6 Å². The number of likely N-dealkylation sites (tertiary alicyclic amines) is 1. The van der Waals surface area contributed by atoms with Crippen LogP contribution in [-0.4, -0.2) is 131 Å². The van der Waals surface area contributed by atoms with Crippen molar-refractivity contribution in [3.8, 4) is 0 Å². The van der Waals surface area contributed by atoms with E-state index in [1.54, 1.807) is 53.7 Å². The van der Waals surface area contributed by atoms with Gasteiger partial charge in [-0.2, -0.15) is 0 Å². The molecule has 4 heterocycles. The van der Waals surface area contributed by atoms with Gasteiger partial charge in [0, 0.05) is 87.3 Å². The maximum atomic E-state index is 14.7. The van der Waals surface area contributed by atoms with E-state index in [0.29, 0.717) is 29.8 Å². The number of hydrogen-bond acceptors (Lipinski definition) is 10. The van der Waals surface area contributed by atoms with Crippen molar-refractivity contribution in [2.45, 2.75) is 120 Å². The van der Waals surface area contributed by atoms with Gasteiger partial charge in [-0.3, -0.25) is 48.3 Å². The average Bonchev–Trinajstić information content (AvgIpc) is 4.10. The Morgan fingerprint density at radius 1 is 0.797 bits per heavy atom. The molecule has 368 valence electrons. The summed E-state index contributed by atoms with van der Waals surface area (Å²) >= 11 is 0. The lowest BCUT2D eigenvalue weighted by atomic mass is 10.0. The molecular weight excluding hydrogens is 887 g/mol. The van der Waals surface area contributed by atoms with E-state index in [2.05, 4.69) is 52.2 Å². The van der Waals surface area contributed by atoms with E-state index in [-0.39, 0.29) is 63.6 Å². The van der Waals surface area contributed by atoms with Crippen molar-refractivity contribution >= 4 is 70.3 Å². The molecule has 3 aliphatic heterocycles. The van der Waals surface area contributed by atoms with Crippen molar-refractivity contribution in [1.29, 1.82) is 0 Å². The predicted molar refractivity (Wildman–Crippen MR) is 258 cm³/mol. The van der Waals surface area contributed by atoms with Gasteiger partial charge in [-0.05, 0) is 56.2 Å². The second-order valence-electron chi connectivity index (χ2n) is 17.6. The Labute approximate surface area is 399 Å². The smallest absolute Gasteiger partial charge is 0.245 e. The van der Waals surface area contributed by atoms with Gasteiger partial charge >= 0.3 is 0 Å². The van der Waals surface area contributed by atoms with Gasteiger partial charge in [0.2, 0.25) is 47.3 Å². The minimum absolute atomic E-state index is 0.0225. The second kappa shape index (κ2) is 24.4. The van der Waals surface area contributed by atoms with Crippen LogP contribution in [0.1, 0.15) is 76.3 Å². The minimum atomic E-state index is -1.37. The SMILES string of the molecule is CC(=O)N[C@H]1CCNC(=O)C[C@@H](C(=O)N2CCC[C@H]2C)NC(=O)[C@H](Cc2c[nH]c3ccccc23)NC(=O)[C@H](CCCN=C(N)N)NC(=O)[C@@H](Cc2ccccc2)NC(=O)[C@H](CC2=CCC=N2)NC1=O. The molecule has 0 bridgehead atoms. The van der Waals surface area contributed by atoms with E-state index in [0.717, 1.165) is 23.7 Å². The summed E-state index contributed by atoms with van der Waals surface area (Å²) in [7, 11) is 0. The number of aliphatic imine (C=N–C) groups is 2. The Morgan fingerprint density at radius 3 is 2.13 bits per heavy atom.